The van der Waals surface area contributed by atoms with Crippen LogP contribution >= 0.6 is 0 Å². The van der Waals surface area contributed by atoms with Crippen LogP contribution in [0.3, 0.4) is 0 Å². The summed E-state index contributed by atoms with van der Waals surface area (Å²) in [5, 5.41) is 19.1. The largest absolute Gasteiger partial charge is 0.390 e. The van der Waals surface area contributed by atoms with Gasteiger partial charge < -0.3 is 5.11 Å². The molecule has 0 aromatic rings. The summed E-state index contributed by atoms with van der Waals surface area (Å²) in [6.07, 6.45) is 3.96. The smallest absolute Gasteiger partial charge is 0.0697 e. The first-order valence-corrected chi connectivity index (χ1v) is 4.73. The molecule has 72 valence electrons. The second-order valence-electron chi connectivity index (χ2n) is 4.34. The van der Waals surface area contributed by atoms with Crippen molar-refractivity contribution < 1.29 is 5.11 Å². The van der Waals surface area contributed by atoms with Crippen molar-refractivity contribution in [2.75, 3.05) is 0 Å². The molecule has 1 N–H and O–H groups in total. The van der Waals surface area contributed by atoms with Crippen molar-refractivity contribution >= 4 is 0 Å². The van der Waals surface area contributed by atoms with Gasteiger partial charge >= 0.3 is 0 Å². The summed E-state index contributed by atoms with van der Waals surface area (Å²) in [5.74, 6) is 0.0306. The zero-order valence-electron chi connectivity index (χ0n) is 8.38. The molecule has 0 aromatic carbocycles. The predicted octanol–water partition coefficient (Wildman–Crippen LogP) is 2.25. The fraction of sp³-hybridized carbons (Fsp3) is 0.727. The zero-order valence-corrected chi connectivity index (χ0v) is 8.38. The van der Waals surface area contributed by atoms with Crippen molar-refractivity contribution in [2.24, 2.45) is 11.3 Å². The zero-order chi connectivity index (χ0) is 10.1. The van der Waals surface area contributed by atoms with E-state index in [9.17, 15) is 5.11 Å². The van der Waals surface area contributed by atoms with Crippen molar-refractivity contribution in [1.82, 2.24) is 0 Å². The maximum absolute atomic E-state index is 9.97. The molecule has 0 saturated heterocycles. The number of allylic oxidation sites excluding steroid dienone is 1. The molecule has 0 aliphatic heterocycles. The van der Waals surface area contributed by atoms with Crippen LogP contribution in [0.2, 0.25) is 0 Å². The normalized spacial score (nSPS) is 44.3. The van der Waals surface area contributed by atoms with Gasteiger partial charge in [0.15, 0.2) is 0 Å². The molecule has 2 nitrogen and oxygen atoms in total. The second kappa shape index (κ2) is 3.16. The summed E-state index contributed by atoms with van der Waals surface area (Å²) < 4.78 is 0. The molecular weight excluding hydrogens is 162 g/mol. The standard InChI is InChI=1S/C11H17NO/c1-4-5-11(8-12)7-6-10(3,13)9(11)2/h4,9,13H,1,5-7H2,2-3H3/t9-,10-,11-/m0/s1. The van der Waals surface area contributed by atoms with Crippen LogP contribution in [0.5, 0.6) is 0 Å². The third kappa shape index (κ3) is 1.49. The van der Waals surface area contributed by atoms with Gasteiger partial charge in [0.05, 0.1) is 17.1 Å². The van der Waals surface area contributed by atoms with Gasteiger partial charge in [-0.1, -0.05) is 13.0 Å². The third-order valence-electron chi connectivity index (χ3n) is 3.57. The molecule has 0 aromatic heterocycles. The molecule has 0 unspecified atom stereocenters. The molecular formula is C11H17NO. The number of hydrogen-bond donors (Lipinski definition) is 1. The fourth-order valence-electron chi connectivity index (χ4n) is 2.24. The monoisotopic (exact) mass is 179 g/mol. The molecule has 0 radical (unpaired) electrons. The van der Waals surface area contributed by atoms with E-state index in [-0.39, 0.29) is 11.3 Å². The molecule has 0 bridgehead atoms. The van der Waals surface area contributed by atoms with Gasteiger partial charge in [-0.2, -0.15) is 5.26 Å². The highest BCUT2D eigenvalue weighted by molar-refractivity contribution is 5.13. The Labute approximate surface area is 79.9 Å². The van der Waals surface area contributed by atoms with Crippen molar-refractivity contribution in [3.05, 3.63) is 12.7 Å². The molecule has 0 amide bonds. The van der Waals surface area contributed by atoms with E-state index in [1.165, 1.54) is 0 Å². The van der Waals surface area contributed by atoms with Crippen LogP contribution in [0.1, 0.15) is 33.1 Å². The minimum Gasteiger partial charge on any atom is -0.390 e. The van der Waals surface area contributed by atoms with Crippen LogP contribution in [0, 0.1) is 22.7 Å². The minimum atomic E-state index is -0.682. The lowest BCUT2D eigenvalue weighted by atomic mass is 9.74. The number of aliphatic hydroxyl groups is 1. The maximum atomic E-state index is 9.97. The molecule has 1 saturated carbocycles. The number of nitriles is 1. The average molecular weight is 179 g/mol. The highest BCUT2D eigenvalue weighted by atomic mass is 16.3. The molecule has 13 heavy (non-hydrogen) atoms. The van der Waals surface area contributed by atoms with Gasteiger partial charge in [-0.05, 0) is 26.2 Å². The lowest BCUT2D eigenvalue weighted by molar-refractivity contribution is 0.00899. The van der Waals surface area contributed by atoms with Gasteiger partial charge in [-0.25, -0.2) is 0 Å². The molecule has 1 aliphatic rings. The van der Waals surface area contributed by atoms with Crippen LogP contribution in [-0.2, 0) is 0 Å². The lowest BCUT2D eigenvalue weighted by Gasteiger charge is -2.30. The summed E-state index contributed by atoms with van der Waals surface area (Å²) in [7, 11) is 0. The van der Waals surface area contributed by atoms with E-state index in [0.717, 1.165) is 12.8 Å². The highest BCUT2D eigenvalue weighted by Crippen LogP contribution is 2.50. The molecule has 2 heteroatoms. The van der Waals surface area contributed by atoms with Crippen LogP contribution in [-0.4, -0.2) is 10.7 Å². The molecule has 1 rings (SSSR count). The van der Waals surface area contributed by atoms with E-state index in [0.29, 0.717) is 6.42 Å². The van der Waals surface area contributed by atoms with Gasteiger partial charge in [0.2, 0.25) is 0 Å². The van der Waals surface area contributed by atoms with E-state index in [1.807, 2.05) is 13.8 Å². The highest BCUT2D eigenvalue weighted by Gasteiger charge is 2.51. The van der Waals surface area contributed by atoms with Crippen LogP contribution in [0.15, 0.2) is 12.7 Å². The number of hydrogen-bond acceptors (Lipinski definition) is 2. The Bertz CT molecular complexity index is 251. The quantitative estimate of drug-likeness (QED) is 0.661. The lowest BCUT2D eigenvalue weighted by Crippen LogP contribution is -2.34. The topological polar surface area (TPSA) is 44.0 Å². The van der Waals surface area contributed by atoms with E-state index >= 15 is 0 Å². The summed E-state index contributed by atoms with van der Waals surface area (Å²) in [4.78, 5) is 0. The molecule has 0 spiro atoms. The van der Waals surface area contributed by atoms with Gasteiger partial charge in [0.1, 0.15) is 0 Å². The third-order valence-corrected chi connectivity index (χ3v) is 3.57. The first kappa shape index (κ1) is 10.3. The first-order chi connectivity index (χ1) is 5.98. The van der Waals surface area contributed by atoms with Crippen LogP contribution in [0.4, 0.5) is 0 Å². The molecule has 1 fully saturated rings. The Morgan fingerprint density at radius 1 is 1.69 bits per heavy atom. The Kier molecular flexibility index (Phi) is 2.49. The first-order valence-electron chi connectivity index (χ1n) is 4.73. The molecule has 1 aliphatic carbocycles. The van der Waals surface area contributed by atoms with Gasteiger partial charge in [0.25, 0.3) is 0 Å². The summed E-state index contributed by atoms with van der Waals surface area (Å²) >= 11 is 0. The Morgan fingerprint density at radius 2 is 2.31 bits per heavy atom. The van der Waals surface area contributed by atoms with Crippen molar-refractivity contribution in [3.8, 4) is 6.07 Å². The van der Waals surface area contributed by atoms with Crippen molar-refractivity contribution in [3.63, 3.8) is 0 Å². The Balaban J connectivity index is 2.93. The second-order valence-corrected chi connectivity index (χ2v) is 4.34. The van der Waals surface area contributed by atoms with Gasteiger partial charge in [0, 0.05) is 5.92 Å². The van der Waals surface area contributed by atoms with E-state index in [2.05, 4.69) is 12.6 Å². The molecule has 3 atom stereocenters. The SMILES string of the molecule is C=CC[C@@]1(C#N)CC[C@](C)(O)[C@@H]1C. The Hall–Kier alpha value is -0.810. The van der Waals surface area contributed by atoms with Gasteiger partial charge in [-0.3, -0.25) is 0 Å². The maximum Gasteiger partial charge on any atom is 0.0697 e. The Morgan fingerprint density at radius 3 is 2.62 bits per heavy atom. The average Bonchev–Trinajstić information content (AvgIpc) is 2.31. The summed E-state index contributed by atoms with van der Waals surface area (Å²) in [6.45, 7) is 7.44. The number of nitrogens with zero attached hydrogens (tertiary/aromatic N) is 1. The van der Waals surface area contributed by atoms with Crippen LogP contribution in [0.25, 0.3) is 0 Å². The van der Waals surface area contributed by atoms with Crippen LogP contribution < -0.4 is 0 Å². The summed E-state index contributed by atoms with van der Waals surface area (Å²) in [6, 6.07) is 2.35. The predicted molar refractivity (Wildman–Crippen MR) is 51.9 cm³/mol. The van der Waals surface area contributed by atoms with E-state index in [1.54, 1.807) is 6.08 Å². The van der Waals surface area contributed by atoms with E-state index in [4.69, 9.17) is 5.26 Å². The molecule has 0 heterocycles. The van der Waals surface area contributed by atoms with E-state index < -0.39 is 5.60 Å². The van der Waals surface area contributed by atoms with Crippen molar-refractivity contribution in [1.29, 1.82) is 5.26 Å². The summed E-state index contributed by atoms with van der Waals surface area (Å²) in [5.41, 5.74) is -1.07. The fourth-order valence-corrected chi connectivity index (χ4v) is 2.24. The van der Waals surface area contributed by atoms with Gasteiger partial charge in [-0.15, -0.1) is 6.58 Å². The van der Waals surface area contributed by atoms with Crippen molar-refractivity contribution in [2.45, 2.75) is 38.7 Å². The minimum absolute atomic E-state index is 0.0306. The number of rotatable bonds is 2.